The Morgan fingerprint density at radius 1 is 0.952 bits per heavy atom. The fraction of sp³-hybridized carbons (Fsp3) is 0.302. The van der Waals surface area contributed by atoms with Crippen LogP contribution in [-0.2, 0) is 9.47 Å². The second-order valence-corrected chi connectivity index (χ2v) is 16.4. The number of nitrogens with one attached hydrogen (secondary N) is 2. The summed E-state index contributed by atoms with van der Waals surface area (Å²) in [5.74, 6) is 1.67. The third kappa shape index (κ3) is 7.88. The Hall–Kier alpha value is -6.65. The summed E-state index contributed by atoms with van der Waals surface area (Å²) < 4.78 is 25.0. The summed E-state index contributed by atoms with van der Waals surface area (Å²) in [7, 11) is 0. The van der Waals surface area contributed by atoms with Crippen LogP contribution in [0.2, 0.25) is 0 Å². The van der Waals surface area contributed by atoms with Crippen LogP contribution >= 0.6 is 0 Å². The number of aryl methyl sites for hydroxylation is 1. The molecule has 0 saturated heterocycles. The van der Waals surface area contributed by atoms with Crippen LogP contribution in [0.1, 0.15) is 80.9 Å². The molecule has 0 spiro atoms. The first-order chi connectivity index (χ1) is 30.7. The van der Waals surface area contributed by atoms with E-state index >= 15 is 0 Å². The molecule has 322 valence electrons. The number of carbonyl (C=O) groups is 1. The van der Waals surface area contributed by atoms with Crippen molar-refractivity contribution in [2.45, 2.75) is 66.8 Å². The zero-order chi connectivity index (χ0) is 43.8. The number of hydrogen-bond acceptors (Lipinski definition) is 10. The maximum absolute atomic E-state index is 13.3. The zero-order valence-electron chi connectivity index (χ0n) is 36.9. The molecule has 10 heteroatoms. The number of aromatic hydroxyl groups is 1. The smallest absolute Gasteiger partial charge is 0.338 e. The Kier molecular flexibility index (Phi) is 11.7. The number of esters is 1. The van der Waals surface area contributed by atoms with Gasteiger partial charge in [-0.3, -0.25) is 9.98 Å². The van der Waals surface area contributed by atoms with Crippen LogP contribution in [-0.4, -0.2) is 55.6 Å². The monoisotopic (exact) mass is 842 g/mol. The summed E-state index contributed by atoms with van der Waals surface area (Å²) in [4.78, 5) is 23.0. The SMILES string of the molecule is CCN=C1C=C2OC3=CC(NCCCCN=c4cc5oc6cc(NCC)cc7oc(O)c8c(c(c-5c(C)c4)c67)=CCC=C8)C(C)=CC3=C(c3ccccc3C(=O)OCC)C2C=C1C. The van der Waals surface area contributed by atoms with Gasteiger partial charge in [-0.1, -0.05) is 54.2 Å². The summed E-state index contributed by atoms with van der Waals surface area (Å²) in [5.41, 5.74) is 11.3. The van der Waals surface area contributed by atoms with E-state index in [1.807, 2.05) is 81.5 Å². The highest BCUT2D eigenvalue weighted by molar-refractivity contribution is 6.14. The van der Waals surface area contributed by atoms with Crippen LogP contribution < -0.4 is 21.2 Å². The molecular weight excluding hydrogens is 789 g/mol. The van der Waals surface area contributed by atoms with Gasteiger partial charge in [-0.2, -0.15) is 0 Å². The highest BCUT2D eigenvalue weighted by atomic mass is 16.5. The van der Waals surface area contributed by atoms with Crippen LogP contribution in [0.5, 0.6) is 5.95 Å². The van der Waals surface area contributed by atoms with E-state index in [0.717, 1.165) is 121 Å². The number of benzene rings is 3. The number of anilines is 1. The Bertz CT molecular complexity index is 3020. The maximum atomic E-state index is 13.3. The number of hydrogen-bond donors (Lipinski definition) is 3. The van der Waals surface area contributed by atoms with Gasteiger partial charge in [0.05, 0.1) is 46.1 Å². The molecule has 0 saturated carbocycles. The lowest BCUT2D eigenvalue weighted by atomic mass is 9.77. The van der Waals surface area contributed by atoms with E-state index in [4.69, 9.17) is 28.3 Å². The molecule has 3 heterocycles. The van der Waals surface area contributed by atoms with Crippen molar-refractivity contribution in [3.8, 4) is 17.3 Å². The maximum Gasteiger partial charge on any atom is 0.338 e. The van der Waals surface area contributed by atoms with E-state index in [1.165, 1.54) is 0 Å². The average molecular weight is 843 g/mol. The van der Waals surface area contributed by atoms with Gasteiger partial charge < -0.3 is 34.0 Å². The number of carbonyl (C=O) groups excluding carboxylic acids is 1. The first kappa shape index (κ1) is 41.7. The van der Waals surface area contributed by atoms with Gasteiger partial charge in [-0.05, 0) is 113 Å². The molecule has 2 unspecified atom stereocenters. The largest absolute Gasteiger partial charge is 0.480 e. The number of nitrogens with zero attached hydrogens (tertiary/aromatic N) is 2. The number of fused-ring (bicyclic) bond motifs is 6. The van der Waals surface area contributed by atoms with Crippen molar-refractivity contribution < 1.29 is 28.2 Å². The molecule has 0 fully saturated rings. The molecule has 63 heavy (non-hydrogen) atoms. The van der Waals surface area contributed by atoms with Crippen molar-refractivity contribution in [3.63, 3.8) is 0 Å². The van der Waals surface area contributed by atoms with E-state index < -0.39 is 0 Å². The number of allylic oxidation sites excluding steroid dienone is 5. The second kappa shape index (κ2) is 17.6. The molecular formula is C53H54N4O6. The van der Waals surface area contributed by atoms with Gasteiger partial charge in [-0.25, -0.2) is 4.79 Å². The van der Waals surface area contributed by atoms with Gasteiger partial charge in [0.15, 0.2) is 0 Å². The zero-order valence-corrected chi connectivity index (χ0v) is 36.9. The molecule has 0 bridgehead atoms. The molecule has 0 radical (unpaired) electrons. The number of unbranched alkanes of at least 4 members (excludes halogenated alkanes) is 1. The molecule has 2 aromatic carbocycles. The van der Waals surface area contributed by atoms with Crippen LogP contribution in [0.3, 0.4) is 0 Å². The third-order valence-electron chi connectivity index (χ3n) is 12.2. The molecule has 4 aliphatic carbocycles. The van der Waals surface area contributed by atoms with Crippen LogP contribution in [0, 0.1) is 12.8 Å². The Morgan fingerprint density at radius 2 is 1.78 bits per heavy atom. The van der Waals surface area contributed by atoms with Crippen LogP contribution in [0.4, 0.5) is 5.69 Å². The minimum atomic E-state index is -0.337. The van der Waals surface area contributed by atoms with E-state index in [1.54, 1.807) is 0 Å². The fourth-order valence-electron chi connectivity index (χ4n) is 9.31. The van der Waals surface area contributed by atoms with E-state index in [2.05, 4.69) is 61.8 Å². The van der Waals surface area contributed by atoms with Crippen molar-refractivity contribution in [1.29, 1.82) is 0 Å². The van der Waals surface area contributed by atoms with Crippen LogP contribution in [0.25, 0.3) is 51.0 Å². The van der Waals surface area contributed by atoms with E-state index in [9.17, 15) is 9.90 Å². The molecule has 3 N–H and O–H groups in total. The third-order valence-corrected chi connectivity index (χ3v) is 12.2. The van der Waals surface area contributed by atoms with Crippen molar-refractivity contribution in [2.24, 2.45) is 15.9 Å². The van der Waals surface area contributed by atoms with Gasteiger partial charge in [0.25, 0.3) is 5.95 Å². The molecule has 9 rings (SSSR count). The van der Waals surface area contributed by atoms with Gasteiger partial charge in [0.2, 0.25) is 0 Å². The highest BCUT2D eigenvalue weighted by Crippen LogP contribution is 2.47. The van der Waals surface area contributed by atoms with Crippen LogP contribution in [0.15, 0.2) is 126 Å². The molecule has 2 atom stereocenters. The van der Waals surface area contributed by atoms with Crippen molar-refractivity contribution in [2.75, 3.05) is 38.1 Å². The number of ether oxygens (including phenoxy) is 2. The quantitative estimate of drug-likeness (QED) is 0.0643. The standard InChI is InChI=1S/C53H54N4O6/c1-7-54-34-26-46-51-47(27-34)63-53(59)38-19-13-11-17-36(38)50(51)48-32(6)22-33(25-45(48)62-46)56-20-14-15-21-57-42-29-44-40(24-31(42)5)49(35-16-10-12-18-37(35)52(58)60-9-3)39-23-30(4)41(55-8-2)28-43(39)61-44/h10,12-13,16-19,22-29,39,42,54,57,59H,7-9,11,14-15,20-21H2,1-6H3. The Labute approximate surface area is 367 Å². The van der Waals surface area contributed by atoms with Crippen molar-refractivity contribution >= 4 is 57.0 Å². The summed E-state index contributed by atoms with van der Waals surface area (Å²) in [6.45, 7) is 15.4. The first-order valence-corrected chi connectivity index (χ1v) is 22.2. The van der Waals surface area contributed by atoms with E-state index in [-0.39, 0.29) is 23.9 Å². The summed E-state index contributed by atoms with van der Waals surface area (Å²) >= 11 is 0. The molecule has 10 nitrogen and oxygen atoms in total. The van der Waals surface area contributed by atoms with E-state index in [0.29, 0.717) is 42.0 Å². The molecule has 2 aliphatic heterocycles. The minimum absolute atomic E-state index is 0.0279. The van der Waals surface area contributed by atoms with Gasteiger partial charge >= 0.3 is 5.97 Å². The lowest BCUT2D eigenvalue weighted by Crippen LogP contribution is -2.33. The van der Waals surface area contributed by atoms with Gasteiger partial charge in [-0.15, -0.1) is 0 Å². The summed E-state index contributed by atoms with van der Waals surface area (Å²) in [5, 5.41) is 21.9. The Balaban J connectivity index is 0.967. The van der Waals surface area contributed by atoms with Crippen molar-refractivity contribution in [3.05, 3.63) is 140 Å². The average Bonchev–Trinajstić information content (AvgIpc) is 3.39. The highest BCUT2D eigenvalue weighted by Gasteiger charge is 2.37. The van der Waals surface area contributed by atoms with Gasteiger partial charge in [0.1, 0.15) is 28.4 Å². The first-order valence-electron chi connectivity index (χ1n) is 22.2. The predicted octanol–water partition coefficient (Wildman–Crippen LogP) is 10.3. The van der Waals surface area contributed by atoms with Crippen molar-refractivity contribution in [1.82, 2.24) is 5.32 Å². The van der Waals surface area contributed by atoms with Gasteiger partial charge in [0, 0.05) is 66.1 Å². The molecule has 3 aromatic rings. The Morgan fingerprint density at radius 3 is 2.59 bits per heavy atom. The summed E-state index contributed by atoms with van der Waals surface area (Å²) in [6.07, 6.45) is 17.3. The molecule has 0 amide bonds. The fourth-order valence-corrected chi connectivity index (χ4v) is 9.31. The predicted molar refractivity (Wildman–Crippen MR) is 252 cm³/mol. The number of rotatable bonds is 12. The summed E-state index contributed by atoms with van der Waals surface area (Å²) in [6, 6.07) is 15.8. The normalized spacial score (nSPS) is 18.9. The topological polar surface area (TPSA) is 131 Å². The molecule has 6 aliphatic rings. The molecule has 1 aromatic heterocycles. The second-order valence-electron chi connectivity index (χ2n) is 16.4. The lowest BCUT2D eigenvalue weighted by Gasteiger charge is -2.36. The minimum Gasteiger partial charge on any atom is -0.480 e. The number of aliphatic imine (C=N–C) groups is 1. The lowest BCUT2D eigenvalue weighted by molar-refractivity contribution is 0.0525.